The fraction of sp³-hybridized carbons (Fsp3) is 0.562. The van der Waals surface area contributed by atoms with E-state index in [1.807, 2.05) is 6.92 Å². The minimum Gasteiger partial charge on any atom is -0.506 e. The monoisotopic (exact) mass is 323 g/mol. The van der Waals surface area contributed by atoms with Crippen LogP contribution in [0.15, 0.2) is 18.3 Å². The minimum absolute atomic E-state index is 0.0200. The Kier molecular flexibility index (Phi) is 6.36. The second kappa shape index (κ2) is 7.80. The Morgan fingerprint density at radius 3 is 2.43 bits per heavy atom. The summed E-state index contributed by atoms with van der Waals surface area (Å²) in [6.07, 6.45) is 1.02. The van der Waals surface area contributed by atoms with Crippen LogP contribution in [0.5, 0.6) is 5.75 Å². The lowest BCUT2D eigenvalue weighted by Crippen LogP contribution is -2.57. The Labute approximate surface area is 136 Å². The summed E-state index contributed by atoms with van der Waals surface area (Å²) in [7, 11) is 0. The number of rotatable bonds is 6. The molecular weight excluding hydrogens is 298 g/mol. The van der Waals surface area contributed by atoms with Crippen molar-refractivity contribution in [2.45, 2.75) is 52.1 Å². The molecule has 128 valence electrons. The van der Waals surface area contributed by atoms with Gasteiger partial charge in [0.15, 0.2) is 0 Å². The molecule has 7 heteroatoms. The second-order valence-electron chi connectivity index (χ2n) is 6.34. The van der Waals surface area contributed by atoms with E-state index in [0.717, 1.165) is 11.3 Å². The summed E-state index contributed by atoms with van der Waals surface area (Å²) in [6, 6.07) is 2.15. The maximum absolute atomic E-state index is 12.5. The first-order valence-corrected chi connectivity index (χ1v) is 7.60. The predicted octanol–water partition coefficient (Wildman–Crippen LogP) is 2.00. The molecule has 7 nitrogen and oxygen atoms in total. The van der Waals surface area contributed by atoms with Crippen molar-refractivity contribution in [1.82, 2.24) is 15.2 Å². The number of amides is 2. The van der Waals surface area contributed by atoms with Crippen LogP contribution in [-0.4, -0.2) is 50.2 Å². The zero-order chi connectivity index (χ0) is 17.6. The van der Waals surface area contributed by atoms with Crippen molar-refractivity contribution in [3.63, 3.8) is 0 Å². The Balaban J connectivity index is 3.11. The second-order valence-corrected chi connectivity index (χ2v) is 6.34. The smallest absolute Gasteiger partial charge is 0.408 e. The third kappa shape index (κ3) is 5.43. The van der Waals surface area contributed by atoms with Crippen molar-refractivity contribution in [3.8, 4) is 5.75 Å². The Morgan fingerprint density at radius 2 is 2.00 bits per heavy atom. The molecule has 0 spiro atoms. The molecule has 23 heavy (non-hydrogen) atoms. The molecule has 3 N–H and O–H groups in total. The van der Waals surface area contributed by atoms with Gasteiger partial charge in [0.05, 0.1) is 6.20 Å². The van der Waals surface area contributed by atoms with E-state index in [1.165, 1.54) is 12.3 Å². The van der Waals surface area contributed by atoms with Crippen molar-refractivity contribution in [3.05, 3.63) is 24.0 Å². The molecule has 1 rings (SSSR count). The molecule has 0 aliphatic carbocycles. The molecule has 1 aromatic rings. The van der Waals surface area contributed by atoms with Gasteiger partial charge in [-0.1, -0.05) is 6.92 Å². The highest BCUT2D eigenvalue weighted by atomic mass is 16.4. The van der Waals surface area contributed by atoms with Crippen molar-refractivity contribution in [2.24, 2.45) is 0 Å². The highest BCUT2D eigenvalue weighted by Gasteiger charge is 2.37. The summed E-state index contributed by atoms with van der Waals surface area (Å²) in [5, 5.41) is 21.6. The normalized spacial score (nSPS) is 12.5. The van der Waals surface area contributed by atoms with Crippen molar-refractivity contribution in [1.29, 1.82) is 0 Å². The number of nitrogens with one attached hydrogen (secondary N) is 1. The molecule has 0 aliphatic rings. The van der Waals surface area contributed by atoms with E-state index in [4.69, 9.17) is 0 Å². The summed E-state index contributed by atoms with van der Waals surface area (Å²) in [5.74, 6) is -0.328. The number of hydrogen-bond acceptors (Lipinski definition) is 4. The van der Waals surface area contributed by atoms with E-state index in [1.54, 1.807) is 26.8 Å². The van der Waals surface area contributed by atoms with Gasteiger partial charge in [-0.25, -0.2) is 4.79 Å². The fourth-order valence-corrected chi connectivity index (χ4v) is 2.29. The first-order chi connectivity index (χ1) is 10.7. The lowest BCUT2D eigenvalue weighted by Gasteiger charge is -2.38. The van der Waals surface area contributed by atoms with Gasteiger partial charge in [0.25, 0.3) is 0 Å². The summed E-state index contributed by atoms with van der Waals surface area (Å²) in [5.41, 5.74) is -0.202. The van der Waals surface area contributed by atoms with Crippen LogP contribution in [0.2, 0.25) is 0 Å². The van der Waals surface area contributed by atoms with Gasteiger partial charge in [-0.05, 0) is 39.3 Å². The van der Waals surface area contributed by atoms with Crippen LogP contribution in [-0.2, 0) is 11.2 Å². The molecule has 0 saturated heterocycles. The largest absolute Gasteiger partial charge is 0.506 e. The van der Waals surface area contributed by atoms with Crippen molar-refractivity contribution in [2.75, 3.05) is 6.54 Å². The Hall–Kier alpha value is -2.31. The Morgan fingerprint density at radius 1 is 1.35 bits per heavy atom. The fourth-order valence-electron chi connectivity index (χ4n) is 2.29. The zero-order valence-corrected chi connectivity index (χ0v) is 14.0. The third-order valence-electron chi connectivity index (χ3n) is 3.30. The van der Waals surface area contributed by atoms with Crippen LogP contribution in [0, 0.1) is 0 Å². The molecule has 0 radical (unpaired) electrons. The van der Waals surface area contributed by atoms with E-state index >= 15 is 0 Å². The average Bonchev–Trinajstić information content (AvgIpc) is 2.44. The standard InChI is InChI=1S/C16H25N3O4/c1-5-8-17-14(21)13(19(15(22)23)16(2,3)4)9-11-6-7-12(20)10-18-11/h6-7,10,13,20H,5,8-9H2,1-4H3,(H,17,21)(H,22,23). The quantitative estimate of drug-likeness (QED) is 0.743. The topological polar surface area (TPSA) is 103 Å². The molecular formula is C16H25N3O4. The van der Waals surface area contributed by atoms with Gasteiger partial charge in [-0.3, -0.25) is 14.7 Å². The van der Waals surface area contributed by atoms with Crippen LogP contribution in [0.25, 0.3) is 0 Å². The number of carbonyl (C=O) groups is 2. The average molecular weight is 323 g/mol. The molecule has 2 amide bonds. The van der Waals surface area contributed by atoms with Gasteiger partial charge in [-0.15, -0.1) is 0 Å². The summed E-state index contributed by atoms with van der Waals surface area (Å²) >= 11 is 0. The van der Waals surface area contributed by atoms with Gasteiger partial charge in [0, 0.05) is 24.2 Å². The lowest BCUT2D eigenvalue weighted by molar-refractivity contribution is -0.127. The number of aromatic hydroxyl groups is 1. The number of aromatic nitrogens is 1. The molecule has 0 aromatic carbocycles. The van der Waals surface area contributed by atoms with Gasteiger partial charge in [-0.2, -0.15) is 0 Å². The van der Waals surface area contributed by atoms with E-state index in [-0.39, 0.29) is 18.1 Å². The highest BCUT2D eigenvalue weighted by Crippen LogP contribution is 2.20. The van der Waals surface area contributed by atoms with Gasteiger partial charge in [0.2, 0.25) is 5.91 Å². The van der Waals surface area contributed by atoms with Crippen LogP contribution < -0.4 is 5.32 Å². The van der Waals surface area contributed by atoms with Gasteiger partial charge in [0.1, 0.15) is 11.8 Å². The summed E-state index contributed by atoms with van der Waals surface area (Å²) < 4.78 is 0. The van der Waals surface area contributed by atoms with E-state index < -0.39 is 17.7 Å². The predicted molar refractivity (Wildman–Crippen MR) is 86.3 cm³/mol. The van der Waals surface area contributed by atoms with E-state index in [9.17, 15) is 19.8 Å². The van der Waals surface area contributed by atoms with E-state index in [0.29, 0.717) is 12.2 Å². The van der Waals surface area contributed by atoms with Crippen LogP contribution >= 0.6 is 0 Å². The van der Waals surface area contributed by atoms with Gasteiger partial charge >= 0.3 is 6.09 Å². The van der Waals surface area contributed by atoms with Gasteiger partial charge < -0.3 is 15.5 Å². The summed E-state index contributed by atoms with van der Waals surface area (Å²) in [6.45, 7) is 7.63. The zero-order valence-electron chi connectivity index (χ0n) is 14.0. The SMILES string of the molecule is CCCNC(=O)C(Cc1ccc(O)cn1)N(C(=O)O)C(C)(C)C. The van der Waals surface area contributed by atoms with Crippen LogP contribution in [0.3, 0.4) is 0 Å². The molecule has 1 unspecified atom stereocenters. The molecule has 0 saturated carbocycles. The molecule has 1 atom stereocenters. The van der Waals surface area contributed by atoms with Crippen molar-refractivity contribution >= 4 is 12.0 Å². The first kappa shape index (κ1) is 18.7. The first-order valence-electron chi connectivity index (χ1n) is 7.60. The molecule has 0 fully saturated rings. The van der Waals surface area contributed by atoms with Crippen molar-refractivity contribution < 1.29 is 19.8 Å². The van der Waals surface area contributed by atoms with Crippen LogP contribution in [0.4, 0.5) is 4.79 Å². The number of carbonyl (C=O) groups excluding carboxylic acids is 1. The van der Waals surface area contributed by atoms with E-state index in [2.05, 4.69) is 10.3 Å². The molecule has 1 heterocycles. The summed E-state index contributed by atoms with van der Waals surface area (Å²) in [4.78, 5) is 29.4. The lowest BCUT2D eigenvalue weighted by atomic mass is 9.99. The Bertz CT molecular complexity index is 537. The third-order valence-corrected chi connectivity index (χ3v) is 3.30. The molecule has 0 bridgehead atoms. The number of nitrogens with zero attached hydrogens (tertiary/aromatic N) is 2. The van der Waals surface area contributed by atoms with Crippen LogP contribution in [0.1, 0.15) is 39.8 Å². The number of hydrogen-bond donors (Lipinski definition) is 3. The maximum Gasteiger partial charge on any atom is 0.408 e. The number of carboxylic acid groups (broad SMARTS) is 1. The maximum atomic E-state index is 12.5. The minimum atomic E-state index is -1.16. The molecule has 1 aromatic heterocycles. The molecule has 0 aliphatic heterocycles. The number of pyridine rings is 1. The highest BCUT2D eigenvalue weighted by molar-refractivity contribution is 5.85.